The molecule has 22 heteroatoms. The first-order valence-corrected chi connectivity index (χ1v) is 28.2. The molecule has 0 saturated heterocycles. The highest BCUT2D eigenvalue weighted by Gasteiger charge is 2.24. The van der Waals surface area contributed by atoms with Crippen molar-refractivity contribution in [3.05, 3.63) is 0 Å². The van der Waals surface area contributed by atoms with Crippen LogP contribution in [0.15, 0.2) is 0 Å². The van der Waals surface area contributed by atoms with E-state index < -0.39 is 47.5 Å². The minimum atomic E-state index is -1.19. The van der Waals surface area contributed by atoms with Gasteiger partial charge in [-0.3, -0.25) is 43.7 Å². The Morgan fingerprint density at radius 3 is 1.42 bits per heavy atom. The largest absolute Gasteiger partial charge is 0.481 e. The number of rotatable bonds is 47. The molecule has 0 spiro atoms. The molecule has 0 radical (unpaired) electrons. The van der Waals surface area contributed by atoms with Crippen LogP contribution in [0.25, 0.3) is 0 Å². The van der Waals surface area contributed by atoms with Crippen molar-refractivity contribution >= 4 is 90.4 Å². The molecule has 2 amide bonds. The highest BCUT2D eigenvalue weighted by atomic mass is 33.1. The predicted molar refractivity (Wildman–Crippen MR) is 265 cm³/mol. The molecule has 0 fully saturated rings. The summed E-state index contributed by atoms with van der Waals surface area (Å²) in [6.07, 6.45) is 17.7. The number of carbonyl (C=O) groups excluding carboxylic acids is 4. The summed E-state index contributed by atoms with van der Waals surface area (Å²) in [5.74, 6) is -7.23. The number of carboxylic acid groups (broad SMARTS) is 4. The van der Waals surface area contributed by atoms with Crippen LogP contribution < -0.4 is 16.0 Å². The number of aliphatic hydroxyl groups excluding tert-OH is 1. The van der Waals surface area contributed by atoms with Crippen molar-refractivity contribution < 1.29 is 74.8 Å². The van der Waals surface area contributed by atoms with Gasteiger partial charge >= 0.3 is 23.9 Å². The second kappa shape index (κ2) is 46.1. The van der Waals surface area contributed by atoms with E-state index in [1.54, 1.807) is 43.2 Å². The lowest BCUT2D eigenvalue weighted by Crippen LogP contribution is -2.40. The summed E-state index contributed by atoms with van der Waals surface area (Å²) in [5.41, 5.74) is 0. The molecule has 0 aromatic heterocycles. The maximum Gasteiger partial charge on any atom is 0.320 e. The van der Waals surface area contributed by atoms with Gasteiger partial charge in [-0.15, -0.1) is 0 Å². The number of unbranched alkanes of at least 4 members (excludes halogenated alkanes) is 12. The van der Waals surface area contributed by atoms with Crippen LogP contribution in [0.1, 0.15) is 149 Å². The molecule has 0 heterocycles. The summed E-state index contributed by atoms with van der Waals surface area (Å²) in [6, 6.07) is -0.721. The molecule has 3 atom stereocenters. The van der Waals surface area contributed by atoms with Crippen LogP contribution in [0.4, 0.5) is 0 Å². The lowest BCUT2D eigenvalue weighted by atomic mass is 9.94. The maximum atomic E-state index is 12.4. The first kappa shape index (κ1) is 65.5. The molecule has 18 nitrogen and oxygen atoms in total. The van der Waals surface area contributed by atoms with Crippen molar-refractivity contribution in [2.24, 2.45) is 11.8 Å². The Labute approximate surface area is 408 Å². The molecule has 0 aromatic rings. The normalized spacial score (nSPS) is 12.4. The zero-order valence-corrected chi connectivity index (χ0v) is 42.5. The number of aliphatic carboxylic acids is 4. The molecule has 0 rings (SSSR count). The van der Waals surface area contributed by atoms with E-state index in [4.69, 9.17) is 19.7 Å². The number of amides is 2. The fraction of sp³-hybridized carbons (Fsp3) is 0.818. The summed E-state index contributed by atoms with van der Waals surface area (Å²) < 4.78 is 10.6. The van der Waals surface area contributed by atoms with Gasteiger partial charge in [0.15, 0.2) is 5.78 Å². The van der Waals surface area contributed by atoms with Crippen LogP contribution in [0, 0.1) is 11.8 Å². The van der Waals surface area contributed by atoms with Gasteiger partial charge in [0.1, 0.15) is 23.1 Å². The quantitative estimate of drug-likeness (QED) is 0.0172. The Morgan fingerprint density at radius 2 is 0.955 bits per heavy atom. The lowest BCUT2D eigenvalue weighted by molar-refractivity contribution is -0.145. The number of aliphatic hydroxyl groups is 1. The van der Waals surface area contributed by atoms with Crippen LogP contribution in [0.5, 0.6) is 0 Å². The molecule has 66 heavy (non-hydrogen) atoms. The third kappa shape index (κ3) is 41.6. The number of hydrogen-bond acceptors (Lipinski definition) is 16. The van der Waals surface area contributed by atoms with Crippen LogP contribution in [-0.4, -0.2) is 143 Å². The Balaban J connectivity index is -0.0000134. The monoisotopic (exact) mass is 1020 g/mol. The van der Waals surface area contributed by atoms with E-state index in [9.17, 15) is 53.7 Å². The number of Topliss-reactive ketones (excluding diaryl/α,β-unsaturated/α-hetero) is 2. The number of nitrogens with one attached hydrogen (secondary N) is 3. The van der Waals surface area contributed by atoms with E-state index in [1.165, 1.54) is 19.3 Å². The summed E-state index contributed by atoms with van der Waals surface area (Å²) in [5, 5.41) is 52.9. The molecule has 0 aliphatic rings. The lowest BCUT2D eigenvalue weighted by Gasteiger charge is -2.20. The SMILES string of the molecule is CO.CSSC(N[C@@H](CCCCNC(=O)CC[C@H](CC(=O)COCCOCCNC(=O)CC[C@H](CC(=O)CCCCCCCCCCCCCCC(=O)O)C(=O)O)C(=O)O)C(=O)O)SSC.[HH]. The number of hydrogen-bond donors (Lipinski definition) is 8. The maximum absolute atomic E-state index is 12.4. The van der Waals surface area contributed by atoms with Crippen molar-refractivity contribution in [1.29, 1.82) is 0 Å². The average Bonchev–Trinajstić information content (AvgIpc) is 3.27. The second-order valence-corrected chi connectivity index (χ2v) is 21.0. The fourth-order valence-corrected chi connectivity index (χ4v) is 11.4. The van der Waals surface area contributed by atoms with Crippen molar-refractivity contribution in [2.75, 3.05) is 59.1 Å². The average molecular weight is 1020 g/mol. The molecule has 0 aliphatic carbocycles. The Kier molecular flexibility index (Phi) is 45.8. The fourth-order valence-electron chi connectivity index (χ4n) is 6.55. The first-order valence-electron chi connectivity index (χ1n) is 22.9. The van der Waals surface area contributed by atoms with Gasteiger partial charge in [-0.05, 0) is 57.5 Å². The van der Waals surface area contributed by atoms with Crippen molar-refractivity contribution in [2.45, 2.75) is 158 Å². The van der Waals surface area contributed by atoms with Gasteiger partial charge in [0.25, 0.3) is 0 Å². The van der Waals surface area contributed by atoms with E-state index >= 15 is 0 Å². The molecule has 0 aromatic carbocycles. The van der Waals surface area contributed by atoms with Crippen LogP contribution in [-0.2, 0) is 47.8 Å². The van der Waals surface area contributed by atoms with E-state index in [-0.39, 0.29) is 102 Å². The van der Waals surface area contributed by atoms with Gasteiger partial charge in [0, 0.05) is 60.2 Å². The summed E-state index contributed by atoms with van der Waals surface area (Å²) in [4.78, 5) is 95.1. The summed E-state index contributed by atoms with van der Waals surface area (Å²) >= 11 is 0. The van der Waals surface area contributed by atoms with Gasteiger partial charge in [-0.2, -0.15) is 0 Å². The van der Waals surface area contributed by atoms with Crippen LogP contribution in [0.3, 0.4) is 0 Å². The van der Waals surface area contributed by atoms with Gasteiger partial charge in [-0.25, -0.2) is 0 Å². The van der Waals surface area contributed by atoms with E-state index in [0.29, 0.717) is 32.2 Å². The predicted octanol–water partition coefficient (Wildman–Crippen LogP) is 7.05. The van der Waals surface area contributed by atoms with Gasteiger partial charge in [0.05, 0.1) is 31.7 Å². The van der Waals surface area contributed by atoms with Crippen LogP contribution in [0.2, 0.25) is 0 Å². The van der Waals surface area contributed by atoms with Gasteiger partial charge in [0.2, 0.25) is 11.8 Å². The third-order valence-corrected chi connectivity index (χ3v) is 14.8. The Hall–Kier alpha value is -2.60. The first-order chi connectivity index (χ1) is 31.7. The Bertz CT molecular complexity index is 1350. The Morgan fingerprint density at radius 1 is 0.500 bits per heavy atom. The van der Waals surface area contributed by atoms with E-state index in [2.05, 4.69) is 16.0 Å². The molecular formula is C44H81N3O15S4. The molecule has 0 unspecified atom stereocenters. The van der Waals surface area contributed by atoms with Crippen LogP contribution >= 0.6 is 43.2 Å². The van der Waals surface area contributed by atoms with Crippen molar-refractivity contribution in [1.82, 2.24) is 16.0 Å². The zero-order chi connectivity index (χ0) is 49.8. The second-order valence-electron chi connectivity index (χ2n) is 15.5. The standard InChI is InChI=1S/C43H75N3O14S4.CH4O.H2/c1-61-63-43(64-62-2)46-36(42(57)58)18-15-16-24-44-37(49)22-21-33(41(55)56)30-35(48)31-60-28-27-59-26-25-45-38(50)23-20-32(40(53)54)29-34(47)17-13-11-9-7-5-3-4-6-8-10-12-14-19-39(51)52;1-2;/h32-33,36,43,46H,3-31H2,1-2H3,(H,44,49)(H,45,50)(H,51,52)(H,53,54)(H,55,56)(H,57,58);2H,1H3;1H/t32-,33-,36+;;/m1../s1. The molecule has 8 N–H and O–H groups in total. The molecule has 386 valence electrons. The van der Waals surface area contributed by atoms with Crippen molar-refractivity contribution in [3.8, 4) is 0 Å². The minimum absolute atomic E-state index is 0. The zero-order valence-electron chi connectivity index (χ0n) is 39.3. The number of carboxylic acids is 4. The highest BCUT2D eigenvalue weighted by Crippen LogP contribution is 2.36. The van der Waals surface area contributed by atoms with E-state index in [0.717, 1.165) is 64.9 Å². The summed E-state index contributed by atoms with van der Waals surface area (Å²) in [6.45, 7) is 0.446. The van der Waals surface area contributed by atoms with E-state index in [1.807, 2.05) is 12.5 Å². The molecular weight excluding hydrogens is 939 g/mol. The molecule has 0 bridgehead atoms. The summed E-state index contributed by atoms with van der Waals surface area (Å²) in [7, 11) is 7.18. The molecule has 0 aliphatic heterocycles. The third-order valence-electron chi connectivity index (χ3n) is 10.1. The number of carbonyl (C=O) groups is 8. The number of ether oxygens (including phenoxy) is 2. The van der Waals surface area contributed by atoms with Gasteiger partial charge < -0.3 is 45.6 Å². The molecule has 0 saturated carbocycles. The smallest absolute Gasteiger partial charge is 0.320 e. The minimum Gasteiger partial charge on any atom is -0.481 e. The van der Waals surface area contributed by atoms with Gasteiger partial charge in [-0.1, -0.05) is 107 Å². The number of ketones is 2. The topological polar surface area (TPSA) is 292 Å². The highest BCUT2D eigenvalue weighted by molar-refractivity contribution is 8.85. The van der Waals surface area contributed by atoms with Crippen molar-refractivity contribution in [3.63, 3.8) is 0 Å².